The molecule has 0 aliphatic rings. The molecular formula is C18H20N4O. The first-order valence-electron chi connectivity index (χ1n) is 7.62. The van der Waals surface area contributed by atoms with Crippen molar-refractivity contribution in [1.82, 2.24) is 14.5 Å². The van der Waals surface area contributed by atoms with Gasteiger partial charge in [0.25, 0.3) is 5.56 Å². The molecule has 0 saturated carbocycles. The van der Waals surface area contributed by atoms with Crippen molar-refractivity contribution in [3.05, 3.63) is 65.0 Å². The molecule has 118 valence electrons. The third-order valence-corrected chi connectivity index (χ3v) is 3.63. The lowest BCUT2D eigenvalue weighted by atomic mass is 10.2. The van der Waals surface area contributed by atoms with Crippen LogP contribution in [0.4, 0.5) is 5.95 Å². The van der Waals surface area contributed by atoms with E-state index in [9.17, 15) is 4.79 Å². The van der Waals surface area contributed by atoms with Crippen LogP contribution in [0, 0.1) is 0 Å². The lowest BCUT2D eigenvalue weighted by molar-refractivity contribution is 0.424. The minimum Gasteiger partial charge on any atom is -0.354 e. The summed E-state index contributed by atoms with van der Waals surface area (Å²) in [5.74, 6) is 0.571. The number of aromatic nitrogens is 2. The molecule has 23 heavy (non-hydrogen) atoms. The largest absolute Gasteiger partial charge is 0.354 e. The zero-order valence-electron chi connectivity index (χ0n) is 13.4. The van der Waals surface area contributed by atoms with Gasteiger partial charge in [-0.15, -0.1) is 0 Å². The molecule has 0 bridgehead atoms. The molecule has 1 heterocycles. The monoisotopic (exact) mass is 308 g/mol. The SMILES string of the molecule is CN(C)CCNc1nc2ccccc2c(=O)n1-c1ccccc1. The average molecular weight is 308 g/mol. The quantitative estimate of drug-likeness (QED) is 0.786. The number of likely N-dealkylation sites (N-methyl/N-ethyl adjacent to an activating group) is 1. The minimum absolute atomic E-state index is 0.0610. The van der Waals surface area contributed by atoms with Gasteiger partial charge < -0.3 is 10.2 Å². The predicted molar refractivity (Wildman–Crippen MR) is 94.4 cm³/mol. The van der Waals surface area contributed by atoms with Crippen LogP contribution < -0.4 is 10.9 Å². The highest BCUT2D eigenvalue weighted by molar-refractivity contribution is 5.79. The van der Waals surface area contributed by atoms with Crippen molar-refractivity contribution in [2.45, 2.75) is 0 Å². The summed E-state index contributed by atoms with van der Waals surface area (Å²) in [5, 5.41) is 3.91. The number of rotatable bonds is 5. The van der Waals surface area contributed by atoms with E-state index in [4.69, 9.17) is 0 Å². The molecule has 0 saturated heterocycles. The summed E-state index contributed by atoms with van der Waals surface area (Å²) in [4.78, 5) is 19.6. The smallest absolute Gasteiger partial charge is 0.267 e. The maximum atomic E-state index is 12.9. The third kappa shape index (κ3) is 3.24. The van der Waals surface area contributed by atoms with Crippen LogP contribution in [-0.4, -0.2) is 41.6 Å². The first-order valence-corrected chi connectivity index (χ1v) is 7.62. The van der Waals surface area contributed by atoms with Crippen LogP contribution in [0.15, 0.2) is 59.4 Å². The Balaban J connectivity index is 2.14. The molecule has 0 radical (unpaired) electrons. The summed E-state index contributed by atoms with van der Waals surface area (Å²) in [6.45, 7) is 1.57. The molecule has 0 aliphatic carbocycles. The van der Waals surface area contributed by atoms with Crippen LogP contribution in [0.2, 0.25) is 0 Å². The van der Waals surface area contributed by atoms with Crippen molar-refractivity contribution in [2.75, 3.05) is 32.5 Å². The van der Waals surface area contributed by atoms with Crippen LogP contribution in [-0.2, 0) is 0 Å². The van der Waals surface area contributed by atoms with E-state index in [1.54, 1.807) is 4.57 Å². The predicted octanol–water partition coefficient (Wildman–Crippen LogP) is 2.36. The normalized spacial score (nSPS) is 11.1. The Morgan fingerprint density at radius 1 is 1.04 bits per heavy atom. The molecule has 0 fully saturated rings. The second-order valence-electron chi connectivity index (χ2n) is 5.66. The summed E-state index contributed by atoms with van der Waals surface area (Å²) in [6.07, 6.45) is 0. The highest BCUT2D eigenvalue weighted by Crippen LogP contribution is 2.15. The van der Waals surface area contributed by atoms with Gasteiger partial charge in [0.05, 0.1) is 16.6 Å². The molecule has 5 heteroatoms. The molecule has 0 spiro atoms. The summed E-state index contributed by atoms with van der Waals surface area (Å²) < 4.78 is 1.64. The molecule has 3 aromatic rings. The number of fused-ring (bicyclic) bond motifs is 1. The topological polar surface area (TPSA) is 50.2 Å². The Hall–Kier alpha value is -2.66. The highest BCUT2D eigenvalue weighted by Gasteiger charge is 2.12. The minimum atomic E-state index is -0.0610. The van der Waals surface area contributed by atoms with Gasteiger partial charge >= 0.3 is 0 Å². The zero-order valence-corrected chi connectivity index (χ0v) is 13.4. The van der Waals surface area contributed by atoms with E-state index in [0.29, 0.717) is 23.4 Å². The van der Waals surface area contributed by atoms with E-state index in [1.165, 1.54) is 0 Å². The number of anilines is 1. The van der Waals surface area contributed by atoms with E-state index in [0.717, 1.165) is 12.2 Å². The third-order valence-electron chi connectivity index (χ3n) is 3.63. The van der Waals surface area contributed by atoms with Gasteiger partial charge in [-0.25, -0.2) is 9.55 Å². The van der Waals surface area contributed by atoms with Crippen LogP contribution >= 0.6 is 0 Å². The van der Waals surface area contributed by atoms with Gasteiger partial charge in [0.15, 0.2) is 0 Å². The zero-order chi connectivity index (χ0) is 16.2. The van der Waals surface area contributed by atoms with E-state index in [2.05, 4.69) is 15.2 Å². The molecule has 0 aliphatic heterocycles. The van der Waals surface area contributed by atoms with Crippen molar-refractivity contribution in [3.63, 3.8) is 0 Å². The van der Waals surface area contributed by atoms with Gasteiger partial charge in [0.2, 0.25) is 5.95 Å². The maximum Gasteiger partial charge on any atom is 0.267 e. The number of hydrogen-bond donors (Lipinski definition) is 1. The van der Waals surface area contributed by atoms with Crippen molar-refractivity contribution >= 4 is 16.9 Å². The summed E-state index contributed by atoms with van der Waals surface area (Å²) in [6, 6.07) is 17.0. The lowest BCUT2D eigenvalue weighted by Gasteiger charge is -2.16. The molecule has 3 rings (SSSR count). The second kappa shape index (κ2) is 6.62. The maximum absolute atomic E-state index is 12.9. The van der Waals surface area contributed by atoms with Crippen molar-refractivity contribution < 1.29 is 0 Å². The van der Waals surface area contributed by atoms with E-state index < -0.39 is 0 Å². The first-order chi connectivity index (χ1) is 11.2. The number of nitrogens with one attached hydrogen (secondary N) is 1. The van der Waals surface area contributed by atoms with Gasteiger partial charge in [-0.1, -0.05) is 30.3 Å². The summed E-state index contributed by atoms with van der Waals surface area (Å²) >= 11 is 0. The Bertz CT molecular complexity index is 856. The first kappa shape index (κ1) is 15.2. The standard InChI is InChI=1S/C18H20N4O/c1-21(2)13-12-19-18-20-16-11-7-6-10-15(16)17(23)22(18)14-8-4-3-5-9-14/h3-11H,12-13H2,1-2H3,(H,19,20). The molecule has 0 atom stereocenters. The molecule has 5 nitrogen and oxygen atoms in total. The summed E-state index contributed by atoms with van der Waals surface area (Å²) in [7, 11) is 4.03. The molecular weight excluding hydrogens is 288 g/mol. The number of benzene rings is 2. The Labute approximate surface area is 135 Å². The fourth-order valence-corrected chi connectivity index (χ4v) is 2.46. The van der Waals surface area contributed by atoms with Crippen LogP contribution in [0.1, 0.15) is 0 Å². The van der Waals surface area contributed by atoms with Crippen molar-refractivity contribution in [2.24, 2.45) is 0 Å². The fourth-order valence-electron chi connectivity index (χ4n) is 2.46. The van der Waals surface area contributed by atoms with Gasteiger partial charge in [-0.3, -0.25) is 4.79 Å². The van der Waals surface area contributed by atoms with Crippen molar-refractivity contribution in [3.8, 4) is 5.69 Å². The molecule has 0 amide bonds. The van der Waals surface area contributed by atoms with E-state index in [1.807, 2.05) is 68.7 Å². The Kier molecular flexibility index (Phi) is 4.39. The van der Waals surface area contributed by atoms with Gasteiger partial charge in [0.1, 0.15) is 0 Å². The number of nitrogens with zero attached hydrogens (tertiary/aromatic N) is 3. The number of para-hydroxylation sites is 2. The highest BCUT2D eigenvalue weighted by atomic mass is 16.1. The van der Waals surface area contributed by atoms with E-state index >= 15 is 0 Å². The second-order valence-corrected chi connectivity index (χ2v) is 5.66. The van der Waals surface area contributed by atoms with Crippen LogP contribution in [0.25, 0.3) is 16.6 Å². The lowest BCUT2D eigenvalue weighted by Crippen LogP contribution is -2.27. The number of hydrogen-bond acceptors (Lipinski definition) is 4. The van der Waals surface area contributed by atoms with Crippen LogP contribution in [0.3, 0.4) is 0 Å². The molecule has 1 N–H and O–H groups in total. The summed E-state index contributed by atoms with van der Waals surface area (Å²) in [5.41, 5.74) is 1.45. The molecule has 2 aromatic carbocycles. The fraction of sp³-hybridized carbons (Fsp3) is 0.222. The molecule has 1 aromatic heterocycles. The molecule has 0 unspecified atom stereocenters. The van der Waals surface area contributed by atoms with Crippen molar-refractivity contribution in [1.29, 1.82) is 0 Å². The van der Waals surface area contributed by atoms with E-state index in [-0.39, 0.29) is 5.56 Å². The van der Waals surface area contributed by atoms with Gasteiger partial charge in [-0.05, 0) is 38.4 Å². The Morgan fingerprint density at radius 3 is 2.48 bits per heavy atom. The van der Waals surface area contributed by atoms with Gasteiger partial charge in [-0.2, -0.15) is 0 Å². The Morgan fingerprint density at radius 2 is 1.74 bits per heavy atom. The average Bonchev–Trinajstić information content (AvgIpc) is 2.55. The van der Waals surface area contributed by atoms with Crippen LogP contribution in [0.5, 0.6) is 0 Å². The van der Waals surface area contributed by atoms with Gasteiger partial charge in [0, 0.05) is 13.1 Å².